The fourth-order valence-corrected chi connectivity index (χ4v) is 2.46. The van der Waals surface area contributed by atoms with Crippen molar-refractivity contribution in [2.45, 2.75) is 26.7 Å². The van der Waals surface area contributed by atoms with Gasteiger partial charge in [-0.25, -0.2) is 9.97 Å². The summed E-state index contributed by atoms with van der Waals surface area (Å²) in [4.78, 5) is 23.0. The van der Waals surface area contributed by atoms with Gasteiger partial charge in [0.25, 0.3) is 5.91 Å². The molecular formula is C19H27N5O. The number of nitrogens with one attached hydrogen (secondary N) is 2. The Bertz CT molecular complexity index is 710. The summed E-state index contributed by atoms with van der Waals surface area (Å²) in [5.74, 6) is 0.655. The Morgan fingerprint density at radius 2 is 1.88 bits per heavy atom. The summed E-state index contributed by atoms with van der Waals surface area (Å²) in [6.45, 7) is 7.86. The van der Waals surface area contributed by atoms with Crippen LogP contribution in [0.15, 0.2) is 30.6 Å². The summed E-state index contributed by atoms with van der Waals surface area (Å²) in [5.41, 5.74) is 3.48. The zero-order valence-electron chi connectivity index (χ0n) is 15.6. The first-order valence-electron chi connectivity index (χ1n) is 8.50. The first-order chi connectivity index (χ1) is 11.9. The first-order valence-corrected chi connectivity index (χ1v) is 8.50. The molecule has 25 heavy (non-hydrogen) atoms. The van der Waals surface area contributed by atoms with Crippen LogP contribution in [0, 0.1) is 6.92 Å². The summed E-state index contributed by atoms with van der Waals surface area (Å²) < 4.78 is 0. The summed E-state index contributed by atoms with van der Waals surface area (Å²) in [6, 6.07) is 6.05. The second-order valence-electron chi connectivity index (χ2n) is 6.67. The van der Waals surface area contributed by atoms with Crippen LogP contribution >= 0.6 is 0 Å². The fraction of sp³-hybridized carbons (Fsp3) is 0.421. The van der Waals surface area contributed by atoms with Crippen LogP contribution in [-0.4, -0.2) is 48.0 Å². The van der Waals surface area contributed by atoms with E-state index in [-0.39, 0.29) is 5.91 Å². The summed E-state index contributed by atoms with van der Waals surface area (Å²) in [6.07, 6.45) is 3.10. The molecule has 6 heteroatoms. The minimum Gasteiger partial charge on any atom is -0.353 e. The largest absolute Gasteiger partial charge is 0.353 e. The normalized spacial score (nSPS) is 11.0. The van der Waals surface area contributed by atoms with Gasteiger partial charge in [-0.2, -0.15) is 0 Å². The second-order valence-corrected chi connectivity index (χ2v) is 6.67. The predicted molar refractivity (Wildman–Crippen MR) is 102 cm³/mol. The van der Waals surface area contributed by atoms with Gasteiger partial charge in [-0.05, 0) is 38.1 Å². The minimum absolute atomic E-state index is 0.198. The van der Waals surface area contributed by atoms with Crippen LogP contribution < -0.4 is 10.6 Å². The van der Waals surface area contributed by atoms with Crippen molar-refractivity contribution in [3.63, 3.8) is 0 Å². The molecule has 1 aromatic heterocycles. The van der Waals surface area contributed by atoms with Crippen LogP contribution in [0.2, 0.25) is 0 Å². The third kappa shape index (κ3) is 5.26. The number of amides is 1. The zero-order valence-corrected chi connectivity index (χ0v) is 15.6. The van der Waals surface area contributed by atoms with E-state index >= 15 is 0 Å². The summed E-state index contributed by atoms with van der Waals surface area (Å²) in [7, 11) is 4.01. The molecule has 0 fully saturated rings. The fourth-order valence-electron chi connectivity index (χ4n) is 2.46. The molecule has 0 atom stereocenters. The number of nitrogens with zero attached hydrogens (tertiary/aromatic N) is 3. The maximum atomic E-state index is 12.5. The minimum atomic E-state index is -0.198. The van der Waals surface area contributed by atoms with Crippen molar-refractivity contribution < 1.29 is 4.79 Å². The Balaban J connectivity index is 2.07. The Labute approximate surface area is 149 Å². The molecule has 6 nitrogen and oxygen atoms in total. The topological polar surface area (TPSA) is 70.2 Å². The average Bonchev–Trinajstić information content (AvgIpc) is 2.56. The van der Waals surface area contributed by atoms with E-state index in [0.29, 0.717) is 17.4 Å². The molecule has 0 unspecified atom stereocenters. The number of hydrogen-bond donors (Lipinski definition) is 2. The molecule has 0 saturated carbocycles. The number of para-hydroxylation sites is 1. The van der Waals surface area contributed by atoms with E-state index in [1.807, 2.05) is 39.2 Å². The Morgan fingerprint density at radius 3 is 2.48 bits per heavy atom. The lowest BCUT2D eigenvalue weighted by molar-refractivity contribution is 0.102. The van der Waals surface area contributed by atoms with Crippen molar-refractivity contribution >= 4 is 17.5 Å². The lowest BCUT2D eigenvalue weighted by Gasteiger charge is -2.16. The number of aromatic nitrogens is 2. The zero-order chi connectivity index (χ0) is 18.4. The third-order valence-corrected chi connectivity index (χ3v) is 3.92. The van der Waals surface area contributed by atoms with Crippen LogP contribution in [0.5, 0.6) is 0 Å². The van der Waals surface area contributed by atoms with Crippen molar-refractivity contribution in [3.05, 3.63) is 47.3 Å². The molecule has 1 aromatic carbocycles. The molecule has 0 saturated heterocycles. The van der Waals surface area contributed by atoms with Crippen molar-refractivity contribution in [2.75, 3.05) is 37.8 Å². The number of hydrogen-bond acceptors (Lipinski definition) is 5. The number of carbonyl (C=O) groups excluding carboxylic acids is 1. The average molecular weight is 341 g/mol. The van der Waals surface area contributed by atoms with Crippen LogP contribution in [0.3, 0.4) is 0 Å². The van der Waals surface area contributed by atoms with E-state index in [4.69, 9.17) is 0 Å². The Kier molecular flexibility index (Phi) is 6.47. The molecule has 2 N–H and O–H groups in total. The highest BCUT2D eigenvalue weighted by atomic mass is 16.1. The Hall–Kier alpha value is -2.47. The number of likely N-dealkylation sites (N-methyl/N-ethyl adjacent to an activating group) is 1. The number of anilines is 2. The summed E-state index contributed by atoms with van der Waals surface area (Å²) >= 11 is 0. The highest BCUT2D eigenvalue weighted by Gasteiger charge is 2.14. The molecule has 0 aliphatic carbocycles. The number of aryl methyl sites for hydroxylation is 1. The Morgan fingerprint density at radius 1 is 1.20 bits per heavy atom. The van der Waals surface area contributed by atoms with Gasteiger partial charge < -0.3 is 15.5 Å². The van der Waals surface area contributed by atoms with Crippen LogP contribution in [0.25, 0.3) is 0 Å². The molecule has 0 spiro atoms. The van der Waals surface area contributed by atoms with Crippen molar-refractivity contribution in [2.24, 2.45) is 0 Å². The number of rotatable bonds is 7. The van der Waals surface area contributed by atoms with Crippen molar-refractivity contribution in [1.82, 2.24) is 14.9 Å². The third-order valence-electron chi connectivity index (χ3n) is 3.92. The standard InChI is InChI=1S/C19H27N5O/c1-13(2)16-8-6-7-14(3)17(16)23-18(25)15-11-21-19(22-12-15)20-9-10-24(4)5/h6-8,11-13H,9-10H2,1-5H3,(H,23,25)(H,20,21,22). The van der Waals surface area contributed by atoms with Gasteiger partial charge in [-0.3, -0.25) is 4.79 Å². The molecule has 0 aliphatic rings. The van der Waals surface area contributed by atoms with E-state index in [1.54, 1.807) is 12.4 Å². The van der Waals surface area contributed by atoms with Crippen LogP contribution in [0.4, 0.5) is 11.6 Å². The van der Waals surface area contributed by atoms with E-state index in [0.717, 1.165) is 29.9 Å². The van der Waals surface area contributed by atoms with Gasteiger partial charge in [0.2, 0.25) is 5.95 Å². The lowest BCUT2D eigenvalue weighted by Crippen LogP contribution is -2.21. The first kappa shape index (κ1) is 18.9. The molecular weight excluding hydrogens is 314 g/mol. The van der Waals surface area contributed by atoms with Gasteiger partial charge in [0.1, 0.15) is 0 Å². The van der Waals surface area contributed by atoms with E-state index in [1.165, 1.54) is 0 Å². The summed E-state index contributed by atoms with van der Waals surface area (Å²) in [5, 5.41) is 6.14. The molecule has 2 rings (SSSR count). The predicted octanol–water partition coefficient (Wildman–Crippen LogP) is 3.13. The van der Waals surface area contributed by atoms with Gasteiger partial charge in [-0.15, -0.1) is 0 Å². The lowest BCUT2D eigenvalue weighted by atomic mass is 9.98. The second kappa shape index (κ2) is 8.58. The maximum Gasteiger partial charge on any atom is 0.258 e. The van der Waals surface area contributed by atoms with Gasteiger partial charge in [-0.1, -0.05) is 32.0 Å². The van der Waals surface area contributed by atoms with Crippen molar-refractivity contribution in [3.8, 4) is 0 Å². The number of benzene rings is 1. The molecule has 2 aromatic rings. The van der Waals surface area contributed by atoms with Crippen LogP contribution in [-0.2, 0) is 0 Å². The monoisotopic (exact) mass is 341 g/mol. The number of carbonyl (C=O) groups is 1. The van der Waals surface area contributed by atoms with E-state index in [2.05, 4.69) is 39.3 Å². The van der Waals surface area contributed by atoms with Crippen LogP contribution in [0.1, 0.15) is 41.3 Å². The van der Waals surface area contributed by atoms with Gasteiger partial charge in [0, 0.05) is 31.2 Å². The highest BCUT2D eigenvalue weighted by molar-refractivity contribution is 6.04. The van der Waals surface area contributed by atoms with Gasteiger partial charge in [0.05, 0.1) is 5.56 Å². The molecule has 0 aliphatic heterocycles. The van der Waals surface area contributed by atoms with Gasteiger partial charge in [0.15, 0.2) is 0 Å². The van der Waals surface area contributed by atoms with Crippen molar-refractivity contribution in [1.29, 1.82) is 0 Å². The van der Waals surface area contributed by atoms with Gasteiger partial charge >= 0.3 is 0 Å². The van der Waals surface area contributed by atoms with E-state index in [9.17, 15) is 4.79 Å². The van der Waals surface area contributed by atoms with E-state index < -0.39 is 0 Å². The molecule has 134 valence electrons. The molecule has 1 amide bonds. The molecule has 0 bridgehead atoms. The molecule has 0 radical (unpaired) electrons. The quantitative estimate of drug-likeness (QED) is 0.810. The SMILES string of the molecule is Cc1cccc(C(C)C)c1NC(=O)c1cnc(NCCN(C)C)nc1. The smallest absolute Gasteiger partial charge is 0.258 e. The molecule has 1 heterocycles. The maximum absolute atomic E-state index is 12.5. The highest BCUT2D eigenvalue weighted by Crippen LogP contribution is 2.27.